The molecule has 2 aliphatic heterocycles. The zero-order valence-corrected chi connectivity index (χ0v) is 15.7. The molecule has 2 saturated heterocycles. The number of likely N-dealkylation sites (tertiary alicyclic amines) is 1. The minimum Gasteiger partial charge on any atom is -0.302 e. The summed E-state index contributed by atoms with van der Waals surface area (Å²) >= 11 is 0. The number of sulfone groups is 1. The van der Waals surface area contributed by atoms with Gasteiger partial charge in [0.05, 0.1) is 11.5 Å². The second-order valence-electron chi connectivity index (χ2n) is 9.08. The predicted octanol–water partition coefficient (Wildman–Crippen LogP) is 3.04. The number of benzene rings is 1. The molecule has 3 fully saturated rings. The molecule has 1 spiro atoms. The van der Waals surface area contributed by atoms with Crippen molar-refractivity contribution in [2.45, 2.75) is 44.9 Å². The van der Waals surface area contributed by atoms with Crippen LogP contribution in [0.5, 0.6) is 0 Å². The quantitative estimate of drug-likeness (QED) is 0.821. The summed E-state index contributed by atoms with van der Waals surface area (Å²) in [5.74, 6) is 1.45. The van der Waals surface area contributed by atoms with Crippen LogP contribution in [0.1, 0.15) is 44.2 Å². The molecule has 1 aliphatic carbocycles. The minimum absolute atomic E-state index is 0.0971. The number of rotatable bonds is 5. The van der Waals surface area contributed by atoms with Gasteiger partial charge in [0, 0.05) is 18.5 Å². The molecule has 4 heteroatoms. The highest BCUT2D eigenvalue weighted by atomic mass is 32.2. The number of hydrogen-bond acceptors (Lipinski definition) is 3. The summed E-state index contributed by atoms with van der Waals surface area (Å²) in [6, 6.07) is 9.25. The third kappa shape index (κ3) is 3.28. The predicted molar refractivity (Wildman–Crippen MR) is 98.0 cm³/mol. The molecule has 1 aromatic rings. The average molecular weight is 348 g/mol. The molecule has 1 saturated carbocycles. The van der Waals surface area contributed by atoms with Crippen molar-refractivity contribution in [3.8, 4) is 0 Å². The van der Waals surface area contributed by atoms with Crippen LogP contribution in [0.3, 0.4) is 0 Å². The van der Waals surface area contributed by atoms with Gasteiger partial charge in [-0.05, 0) is 54.7 Å². The van der Waals surface area contributed by atoms with Gasteiger partial charge < -0.3 is 4.90 Å². The van der Waals surface area contributed by atoms with Gasteiger partial charge >= 0.3 is 0 Å². The topological polar surface area (TPSA) is 37.4 Å². The fraction of sp³-hybridized carbons (Fsp3) is 0.700. The van der Waals surface area contributed by atoms with Crippen LogP contribution in [-0.2, 0) is 21.7 Å². The molecule has 132 valence electrons. The molecule has 2 heterocycles. The van der Waals surface area contributed by atoms with Crippen LogP contribution in [0.15, 0.2) is 24.3 Å². The van der Waals surface area contributed by atoms with Gasteiger partial charge in [-0.1, -0.05) is 38.1 Å². The van der Waals surface area contributed by atoms with Gasteiger partial charge in [-0.3, -0.25) is 0 Å². The first-order chi connectivity index (χ1) is 11.3. The van der Waals surface area contributed by atoms with Crippen LogP contribution < -0.4 is 0 Å². The van der Waals surface area contributed by atoms with Crippen molar-refractivity contribution in [2.24, 2.45) is 11.3 Å². The maximum Gasteiger partial charge on any atom is 0.151 e. The van der Waals surface area contributed by atoms with E-state index < -0.39 is 9.84 Å². The van der Waals surface area contributed by atoms with E-state index in [2.05, 4.69) is 43.0 Å². The molecule has 3 aliphatic rings. The third-order valence-corrected chi connectivity index (χ3v) is 8.48. The van der Waals surface area contributed by atoms with Gasteiger partial charge in [-0.25, -0.2) is 8.42 Å². The monoisotopic (exact) mass is 347 g/mol. The molecule has 0 bridgehead atoms. The number of nitrogens with zero attached hydrogens (tertiary/aromatic N) is 1. The van der Waals surface area contributed by atoms with Crippen molar-refractivity contribution >= 4 is 9.84 Å². The Labute approximate surface area is 146 Å². The van der Waals surface area contributed by atoms with Gasteiger partial charge in [0.2, 0.25) is 0 Å². The van der Waals surface area contributed by atoms with E-state index in [0.717, 1.165) is 32.5 Å². The van der Waals surface area contributed by atoms with Crippen LogP contribution in [0, 0.1) is 11.3 Å². The van der Waals surface area contributed by atoms with E-state index in [4.69, 9.17) is 0 Å². The molecule has 0 unspecified atom stereocenters. The van der Waals surface area contributed by atoms with Gasteiger partial charge in [0.1, 0.15) is 0 Å². The van der Waals surface area contributed by atoms with Crippen molar-refractivity contribution in [1.82, 2.24) is 4.90 Å². The Bertz CT molecular complexity index is 707. The van der Waals surface area contributed by atoms with Crippen LogP contribution in [0.2, 0.25) is 0 Å². The average Bonchev–Trinajstić information content (AvgIpc) is 3.11. The molecule has 0 amide bonds. The zero-order valence-electron chi connectivity index (χ0n) is 14.9. The van der Waals surface area contributed by atoms with Crippen LogP contribution in [0.25, 0.3) is 0 Å². The fourth-order valence-corrected chi connectivity index (χ4v) is 6.99. The molecule has 3 nitrogen and oxygen atoms in total. The molecule has 1 aromatic carbocycles. The smallest absolute Gasteiger partial charge is 0.151 e. The van der Waals surface area contributed by atoms with Crippen molar-refractivity contribution in [2.75, 3.05) is 31.1 Å². The highest BCUT2D eigenvalue weighted by Gasteiger charge is 2.51. The molecule has 24 heavy (non-hydrogen) atoms. The molecule has 4 rings (SSSR count). The fourth-order valence-electron chi connectivity index (χ4n) is 4.74. The summed E-state index contributed by atoms with van der Waals surface area (Å²) in [5.41, 5.74) is 3.47. The van der Waals surface area contributed by atoms with E-state index in [0.29, 0.717) is 22.8 Å². The standard InChI is InChI=1S/C20H29NO2S/c1-16(11-17-3-5-18(6-4-17)19(2)7-8-19)12-21-10-9-20(13-21)14-24(22,23)15-20/h3-6,16H,7-15H2,1-2H3/t16-/m0/s1. The Morgan fingerprint density at radius 2 is 1.79 bits per heavy atom. The first-order valence-corrected chi connectivity index (χ1v) is 11.1. The lowest BCUT2D eigenvalue weighted by atomic mass is 9.91. The van der Waals surface area contributed by atoms with Crippen LogP contribution in [-0.4, -0.2) is 44.5 Å². The first kappa shape index (κ1) is 16.6. The third-order valence-electron chi connectivity index (χ3n) is 6.37. The molecule has 0 N–H and O–H groups in total. The van der Waals surface area contributed by atoms with E-state index in [9.17, 15) is 8.42 Å². The van der Waals surface area contributed by atoms with E-state index in [-0.39, 0.29) is 5.41 Å². The highest BCUT2D eigenvalue weighted by Crippen LogP contribution is 2.47. The van der Waals surface area contributed by atoms with Gasteiger partial charge in [-0.15, -0.1) is 0 Å². The summed E-state index contributed by atoms with van der Waals surface area (Å²) in [6.45, 7) is 7.80. The Morgan fingerprint density at radius 1 is 1.12 bits per heavy atom. The maximum absolute atomic E-state index is 11.5. The first-order valence-electron chi connectivity index (χ1n) is 9.30. The Balaban J connectivity index is 1.29. The van der Waals surface area contributed by atoms with E-state index in [1.807, 2.05) is 0 Å². The second-order valence-corrected chi connectivity index (χ2v) is 11.1. The molecule has 0 radical (unpaired) electrons. The van der Waals surface area contributed by atoms with Gasteiger partial charge in [0.25, 0.3) is 0 Å². The normalized spacial score (nSPS) is 27.8. The molecule has 1 atom stereocenters. The minimum atomic E-state index is -2.71. The van der Waals surface area contributed by atoms with Crippen molar-refractivity contribution in [3.63, 3.8) is 0 Å². The Morgan fingerprint density at radius 3 is 2.38 bits per heavy atom. The molecular weight excluding hydrogens is 318 g/mol. The van der Waals surface area contributed by atoms with Crippen molar-refractivity contribution < 1.29 is 8.42 Å². The van der Waals surface area contributed by atoms with Crippen molar-refractivity contribution in [1.29, 1.82) is 0 Å². The lowest BCUT2D eigenvalue weighted by molar-refractivity contribution is 0.249. The summed E-state index contributed by atoms with van der Waals surface area (Å²) in [4.78, 5) is 2.49. The SMILES string of the molecule is C[C@@H](Cc1ccc(C2(C)CC2)cc1)CN1CCC2(C1)CS(=O)(=O)C2. The second kappa shape index (κ2) is 5.57. The largest absolute Gasteiger partial charge is 0.302 e. The molecule has 0 aromatic heterocycles. The maximum atomic E-state index is 11.5. The van der Waals surface area contributed by atoms with Gasteiger partial charge in [0.15, 0.2) is 9.84 Å². The summed E-state index contributed by atoms with van der Waals surface area (Å²) < 4.78 is 23.0. The molecular formula is C20H29NO2S. The van der Waals surface area contributed by atoms with Crippen LogP contribution >= 0.6 is 0 Å². The van der Waals surface area contributed by atoms with Crippen molar-refractivity contribution in [3.05, 3.63) is 35.4 Å². The lowest BCUT2D eigenvalue weighted by Gasteiger charge is -2.37. The summed E-state index contributed by atoms with van der Waals surface area (Å²) in [7, 11) is -2.71. The highest BCUT2D eigenvalue weighted by molar-refractivity contribution is 7.92. The summed E-state index contributed by atoms with van der Waals surface area (Å²) in [5, 5.41) is 0. The van der Waals surface area contributed by atoms with E-state index in [1.165, 1.54) is 24.0 Å². The number of hydrogen-bond donors (Lipinski definition) is 0. The van der Waals surface area contributed by atoms with Gasteiger partial charge in [-0.2, -0.15) is 0 Å². The lowest BCUT2D eigenvalue weighted by Crippen LogP contribution is -2.50. The van der Waals surface area contributed by atoms with Crippen LogP contribution in [0.4, 0.5) is 0 Å². The Hall–Kier alpha value is -0.870. The zero-order chi connectivity index (χ0) is 17.0. The van der Waals surface area contributed by atoms with E-state index >= 15 is 0 Å². The van der Waals surface area contributed by atoms with E-state index in [1.54, 1.807) is 0 Å². The summed E-state index contributed by atoms with van der Waals surface area (Å²) in [6.07, 6.45) is 4.83. The Kier molecular flexibility index (Phi) is 3.85.